The maximum atomic E-state index is 12.0. The quantitative estimate of drug-likeness (QED) is 0.872. The van der Waals surface area contributed by atoms with Crippen molar-refractivity contribution < 1.29 is 4.79 Å². The second-order valence-electron chi connectivity index (χ2n) is 5.05. The average Bonchev–Trinajstić information content (AvgIpc) is 2.47. The highest BCUT2D eigenvalue weighted by molar-refractivity contribution is 6.04. The van der Waals surface area contributed by atoms with Crippen LogP contribution in [0.3, 0.4) is 0 Å². The van der Waals surface area contributed by atoms with Crippen molar-refractivity contribution >= 4 is 11.6 Å². The van der Waals surface area contributed by atoms with Crippen LogP contribution in [0, 0.1) is 0 Å². The molecule has 0 heterocycles. The lowest BCUT2D eigenvalue weighted by Crippen LogP contribution is -2.21. The summed E-state index contributed by atoms with van der Waals surface area (Å²) in [6.07, 6.45) is 0. The standard InChI is InChI=1S/C17H20N2O/c1-13(2)18-12-14-8-10-16(11-9-14)19-17(20)15-6-4-3-5-7-15/h3-11,13,18H,12H2,1-2H3,(H,19,20). The van der Waals surface area contributed by atoms with Gasteiger partial charge in [-0.05, 0) is 29.8 Å². The first-order valence-corrected chi connectivity index (χ1v) is 6.84. The third-order valence-corrected chi connectivity index (χ3v) is 2.96. The molecule has 20 heavy (non-hydrogen) atoms. The molecule has 2 N–H and O–H groups in total. The molecule has 104 valence electrons. The van der Waals surface area contributed by atoms with Crippen LogP contribution in [-0.4, -0.2) is 11.9 Å². The maximum absolute atomic E-state index is 12.0. The van der Waals surface area contributed by atoms with E-state index in [1.807, 2.05) is 42.5 Å². The number of hydrogen-bond acceptors (Lipinski definition) is 2. The van der Waals surface area contributed by atoms with Crippen molar-refractivity contribution in [1.29, 1.82) is 0 Å². The Kier molecular flexibility index (Phi) is 4.91. The fourth-order valence-corrected chi connectivity index (χ4v) is 1.82. The molecule has 0 fully saturated rings. The molecule has 0 radical (unpaired) electrons. The molecule has 2 rings (SSSR count). The fourth-order valence-electron chi connectivity index (χ4n) is 1.82. The number of carbonyl (C=O) groups is 1. The van der Waals surface area contributed by atoms with Crippen LogP contribution >= 0.6 is 0 Å². The Balaban J connectivity index is 1.95. The van der Waals surface area contributed by atoms with E-state index < -0.39 is 0 Å². The Bertz CT molecular complexity index is 547. The molecule has 0 saturated heterocycles. The van der Waals surface area contributed by atoms with Crippen LogP contribution in [0.15, 0.2) is 54.6 Å². The summed E-state index contributed by atoms with van der Waals surface area (Å²) < 4.78 is 0. The summed E-state index contributed by atoms with van der Waals surface area (Å²) in [4.78, 5) is 12.0. The van der Waals surface area contributed by atoms with Crippen LogP contribution in [0.4, 0.5) is 5.69 Å². The Morgan fingerprint density at radius 2 is 1.65 bits per heavy atom. The fraction of sp³-hybridized carbons (Fsp3) is 0.235. The van der Waals surface area contributed by atoms with Gasteiger partial charge in [0.2, 0.25) is 0 Å². The number of carbonyl (C=O) groups excluding carboxylic acids is 1. The van der Waals surface area contributed by atoms with E-state index in [2.05, 4.69) is 24.5 Å². The molecule has 0 bridgehead atoms. The predicted octanol–water partition coefficient (Wildman–Crippen LogP) is 3.44. The van der Waals surface area contributed by atoms with E-state index in [9.17, 15) is 4.79 Å². The summed E-state index contributed by atoms with van der Waals surface area (Å²) in [7, 11) is 0. The van der Waals surface area contributed by atoms with Gasteiger partial charge < -0.3 is 10.6 Å². The van der Waals surface area contributed by atoms with Crippen molar-refractivity contribution in [3.8, 4) is 0 Å². The van der Waals surface area contributed by atoms with E-state index in [0.29, 0.717) is 11.6 Å². The molecule has 1 amide bonds. The Morgan fingerprint density at radius 1 is 1.00 bits per heavy atom. The highest BCUT2D eigenvalue weighted by atomic mass is 16.1. The monoisotopic (exact) mass is 268 g/mol. The zero-order valence-corrected chi connectivity index (χ0v) is 11.9. The summed E-state index contributed by atoms with van der Waals surface area (Å²) in [6, 6.07) is 17.6. The van der Waals surface area contributed by atoms with E-state index in [1.54, 1.807) is 12.1 Å². The van der Waals surface area contributed by atoms with Gasteiger partial charge in [0.25, 0.3) is 5.91 Å². The molecule has 3 nitrogen and oxygen atoms in total. The van der Waals surface area contributed by atoms with Gasteiger partial charge in [-0.25, -0.2) is 0 Å². The molecule has 2 aromatic carbocycles. The molecule has 0 spiro atoms. The molecule has 0 aromatic heterocycles. The molecule has 2 aromatic rings. The minimum absolute atomic E-state index is 0.0846. The Morgan fingerprint density at radius 3 is 2.25 bits per heavy atom. The van der Waals surface area contributed by atoms with E-state index in [-0.39, 0.29) is 5.91 Å². The van der Waals surface area contributed by atoms with Gasteiger partial charge in [0.05, 0.1) is 0 Å². The second kappa shape index (κ2) is 6.87. The van der Waals surface area contributed by atoms with Crippen LogP contribution in [-0.2, 0) is 6.54 Å². The van der Waals surface area contributed by atoms with Crippen molar-refractivity contribution in [2.75, 3.05) is 5.32 Å². The van der Waals surface area contributed by atoms with Crippen molar-refractivity contribution in [3.63, 3.8) is 0 Å². The lowest BCUT2D eigenvalue weighted by molar-refractivity contribution is 0.102. The minimum Gasteiger partial charge on any atom is -0.322 e. The van der Waals surface area contributed by atoms with Crippen molar-refractivity contribution in [2.24, 2.45) is 0 Å². The third-order valence-electron chi connectivity index (χ3n) is 2.96. The summed E-state index contributed by atoms with van der Waals surface area (Å²) in [6.45, 7) is 5.08. The van der Waals surface area contributed by atoms with Crippen molar-refractivity contribution in [1.82, 2.24) is 5.32 Å². The number of nitrogens with one attached hydrogen (secondary N) is 2. The van der Waals surface area contributed by atoms with E-state index in [4.69, 9.17) is 0 Å². The maximum Gasteiger partial charge on any atom is 0.255 e. The zero-order chi connectivity index (χ0) is 14.4. The molecule has 0 aliphatic heterocycles. The molecular weight excluding hydrogens is 248 g/mol. The van der Waals surface area contributed by atoms with Crippen molar-refractivity contribution in [2.45, 2.75) is 26.4 Å². The van der Waals surface area contributed by atoms with Crippen molar-refractivity contribution in [3.05, 3.63) is 65.7 Å². The number of rotatable bonds is 5. The molecule has 3 heteroatoms. The lowest BCUT2D eigenvalue weighted by Gasteiger charge is -2.09. The van der Waals surface area contributed by atoms with Crippen LogP contribution in [0.5, 0.6) is 0 Å². The normalized spacial score (nSPS) is 10.6. The molecule has 0 unspecified atom stereocenters. The Labute approximate surface area is 120 Å². The number of amides is 1. The number of hydrogen-bond donors (Lipinski definition) is 2. The Hall–Kier alpha value is -2.13. The van der Waals surface area contributed by atoms with Gasteiger partial charge in [-0.2, -0.15) is 0 Å². The highest BCUT2D eigenvalue weighted by Crippen LogP contribution is 2.11. The van der Waals surface area contributed by atoms with Gasteiger partial charge in [-0.1, -0.05) is 44.2 Å². The predicted molar refractivity (Wildman–Crippen MR) is 82.8 cm³/mol. The van der Waals surface area contributed by atoms with Crippen LogP contribution in [0.1, 0.15) is 29.8 Å². The SMILES string of the molecule is CC(C)NCc1ccc(NC(=O)c2ccccc2)cc1. The number of benzene rings is 2. The minimum atomic E-state index is -0.0846. The van der Waals surface area contributed by atoms with Gasteiger partial charge in [0, 0.05) is 23.8 Å². The topological polar surface area (TPSA) is 41.1 Å². The third kappa shape index (κ3) is 4.21. The number of anilines is 1. The van der Waals surface area contributed by atoms with Gasteiger partial charge in [-0.3, -0.25) is 4.79 Å². The molecule has 0 aliphatic carbocycles. The molecule has 0 aliphatic rings. The zero-order valence-electron chi connectivity index (χ0n) is 11.9. The largest absolute Gasteiger partial charge is 0.322 e. The summed E-state index contributed by atoms with van der Waals surface area (Å²) in [5, 5.41) is 6.25. The first-order chi connectivity index (χ1) is 9.65. The van der Waals surface area contributed by atoms with Gasteiger partial charge in [0.15, 0.2) is 0 Å². The molecule has 0 atom stereocenters. The summed E-state index contributed by atoms with van der Waals surface area (Å²) in [5.41, 5.74) is 2.68. The van der Waals surface area contributed by atoms with E-state index in [1.165, 1.54) is 5.56 Å². The average molecular weight is 268 g/mol. The molecule has 0 saturated carbocycles. The van der Waals surface area contributed by atoms with Gasteiger partial charge in [-0.15, -0.1) is 0 Å². The molecular formula is C17H20N2O. The summed E-state index contributed by atoms with van der Waals surface area (Å²) >= 11 is 0. The van der Waals surface area contributed by atoms with Crippen LogP contribution in [0.2, 0.25) is 0 Å². The van der Waals surface area contributed by atoms with E-state index in [0.717, 1.165) is 12.2 Å². The van der Waals surface area contributed by atoms with Gasteiger partial charge in [0.1, 0.15) is 0 Å². The second-order valence-corrected chi connectivity index (χ2v) is 5.05. The first-order valence-electron chi connectivity index (χ1n) is 6.84. The van der Waals surface area contributed by atoms with Gasteiger partial charge >= 0.3 is 0 Å². The summed E-state index contributed by atoms with van der Waals surface area (Å²) in [5.74, 6) is -0.0846. The highest BCUT2D eigenvalue weighted by Gasteiger charge is 2.04. The van der Waals surface area contributed by atoms with Crippen LogP contribution in [0.25, 0.3) is 0 Å². The van der Waals surface area contributed by atoms with Crippen LogP contribution < -0.4 is 10.6 Å². The lowest BCUT2D eigenvalue weighted by atomic mass is 10.1. The smallest absolute Gasteiger partial charge is 0.255 e. The first kappa shape index (κ1) is 14.3. The van der Waals surface area contributed by atoms with E-state index >= 15 is 0 Å².